The lowest BCUT2D eigenvalue weighted by Gasteiger charge is -2.38. The summed E-state index contributed by atoms with van der Waals surface area (Å²) in [4.78, 5) is 75.9. The van der Waals surface area contributed by atoms with E-state index in [1.54, 1.807) is 64.7 Å². The molecular weight excluding hydrogens is 987 g/mol. The van der Waals surface area contributed by atoms with Crippen LogP contribution in [0.3, 0.4) is 0 Å². The van der Waals surface area contributed by atoms with E-state index in [1.807, 2.05) is 0 Å². The van der Waals surface area contributed by atoms with Gasteiger partial charge in [0.1, 0.15) is 35.1 Å². The highest BCUT2D eigenvalue weighted by atomic mass is 16.7. The summed E-state index contributed by atoms with van der Waals surface area (Å²) >= 11 is 0. The minimum atomic E-state index is -2.02. The number of methoxy groups -OCH3 is 1. The summed E-state index contributed by atoms with van der Waals surface area (Å²) in [5.41, 5.74) is -0.673. The van der Waals surface area contributed by atoms with Crippen molar-refractivity contribution in [3.8, 4) is 17.2 Å². The number of phenols is 2. The van der Waals surface area contributed by atoms with Crippen LogP contribution in [0.15, 0.2) is 46.1 Å². The molecule has 7 heterocycles. The summed E-state index contributed by atoms with van der Waals surface area (Å²) in [7, 11) is 1.46. The first-order chi connectivity index (χ1) is 36.6. The normalized spacial score (nSPS) is 31.2. The Kier molecular flexibility index (Phi) is 17.9. The van der Waals surface area contributed by atoms with Crippen LogP contribution in [0.1, 0.15) is 110 Å². The molecule has 2 aromatic rings. The minimum Gasteiger partial charge on any atom is -0.507 e. The van der Waals surface area contributed by atoms with Crippen molar-refractivity contribution in [2.24, 2.45) is 39.6 Å². The molecule has 9 rings (SSSR count). The highest BCUT2D eigenvalue weighted by molar-refractivity contribution is 6.19. The van der Waals surface area contributed by atoms with Crippen molar-refractivity contribution < 1.29 is 58.6 Å². The minimum absolute atomic E-state index is 0.0145. The Morgan fingerprint density at radius 1 is 0.818 bits per heavy atom. The molecule has 5 bridgehead atoms. The molecule has 19 heteroatoms. The molecule has 19 nitrogen and oxygen atoms in total. The Hall–Kier alpha value is -5.44. The monoisotopic (exact) mass is 1070 g/mol. The van der Waals surface area contributed by atoms with Gasteiger partial charge in [-0.25, -0.2) is 0 Å². The van der Waals surface area contributed by atoms with E-state index in [2.05, 4.69) is 33.9 Å². The quantitative estimate of drug-likeness (QED) is 0.130. The number of aliphatic hydroxyl groups is 2. The van der Waals surface area contributed by atoms with Gasteiger partial charge in [0, 0.05) is 126 Å². The first-order valence-corrected chi connectivity index (χ1v) is 27.9. The Bertz CT molecular complexity index is 2780. The van der Waals surface area contributed by atoms with E-state index in [0.717, 1.165) is 32.7 Å². The van der Waals surface area contributed by atoms with Crippen LogP contribution >= 0.6 is 0 Å². The summed E-state index contributed by atoms with van der Waals surface area (Å²) in [6, 6.07) is 0. The molecule has 7 aliphatic rings. The average Bonchev–Trinajstić information content (AvgIpc) is 4.09. The number of allylic oxidation sites excluding steroid dienone is 2. The number of piperazine rings is 1. The molecule has 0 radical (unpaired) electrons. The van der Waals surface area contributed by atoms with E-state index in [1.165, 1.54) is 45.6 Å². The number of nitrogens with one attached hydrogen (secondary N) is 1. The Morgan fingerprint density at radius 2 is 1.47 bits per heavy atom. The van der Waals surface area contributed by atoms with Crippen LogP contribution in [0.5, 0.6) is 17.2 Å². The van der Waals surface area contributed by atoms with Gasteiger partial charge in [-0.05, 0) is 51.8 Å². The van der Waals surface area contributed by atoms with Crippen molar-refractivity contribution in [3.63, 3.8) is 0 Å². The predicted molar refractivity (Wildman–Crippen MR) is 290 cm³/mol. The smallest absolute Gasteiger partial charge is 0.315 e. The maximum absolute atomic E-state index is 15.0. The highest BCUT2D eigenvalue weighted by Crippen LogP contribution is 2.50. The van der Waals surface area contributed by atoms with Gasteiger partial charge < -0.3 is 59.4 Å². The zero-order valence-electron chi connectivity index (χ0n) is 46.8. The van der Waals surface area contributed by atoms with Crippen molar-refractivity contribution >= 4 is 40.0 Å². The first-order valence-electron chi connectivity index (χ1n) is 27.9. The number of rotatable bonds is 9. The molecule has 0 saturated carbocycles. The molecule has 0 aliphatic carbocycles. The molecule has 5 N–H and O–H groups in total. The van der Waals surface area contributed by atoms with Crippen LogP contribution < -0.4 is 20.8 Å². The van der Waals surface area contributed by atoms with E-state index in [9.17, 15) is 39.6 Å². The van der Waals surface area contributed by atoms with E-state index >= 15 is 0 Å². The van der Waals surface area contributed by atoms with Gasteiger partial charge in [0.2, 0.25) is 5.91 Å². The third kappa shape index (κ3) is 12.1. The van der Waals surface area contributed by atoms with Gasteiger partial charge in [0.25, 0.3) is 11.7 Å². The van der Waals surface area contributed by atoms with Gasteiger partial charge >= 0.3 is 11.8 Å². The summed E-state index contributed by atoms with van der Waals surface area (Å²) in [6.45, 7) is 24.7. The fraction of sp³-hybridized carbons (Fsp3) is 0.655. The molecule has 3 saturated heterocycles. The van der Waals surface area contributed by atoms with E-state index in [0.29, 0.717) is 58.0 Å². The van der Waals surface area contributed by atoms with Crippen LogP contribution in [-0.2, 0) is 28.6 Å². The number of carbonyl (C=O) groups is 4. The molecule has 2 aromatic carbocycles. The fourth-order valence-electron chi connectivity index (χ4n) is 12.1. The number of amides is 2. The van der Waals surface area contributed by atoms with Gasteiger partial charge in [-0.15, -0.1) is 0 Å². The highest BCUT2D eigenvalue weighted by Gasteiger charge is 2.50. The third-order valence-corrected chi connectivity index (χ3v) is 17.1. The fourth-order valence-corrected chi connectivity index (χ4v) is 12.1. The maximum Gasteiger partial charge on any atom is 0.315 e. The average molecular weight is 1070 g/mol. The molecule has 3 fully saturated rings. The Labute approximate surface area is 452 Å². The number of likely N-dealkylation sites (tertiary alicyclic amines) is 2. The molecule has 9 atom stereocenters. The number of Topliss-reactive ketones (excluding diaryl/α,β-unsaturated/α-hetero) is 1. The van der Waals surface area contributed by atoms with E-state index in [4.69, 9.17) is 28.9 Å². The van der Waals surface area contributed by atoms with Crippen LogP contribution in [0.25, 0.3) is 10.8 Å². The lowest BCUT2D eigenvalue weighted by atomic mass is 9.78. The zero-order valence-corrected chi connectivity index (χ0v) is 46.8. The van der Waals surface area contributed by atoms with Crippen molar-refractivity contribution in [2.75, 3.05) is 84.4 Å². The lowest BCUT2D eigenvalue weighted by molar-refractivity contribution is -0.165. The van der Waals surface area contributed by atoms with Crippen LogP contribution in [0.2, 0.25) is 0 Å². The number of aliphatic hydroxyl groups excluding tert-OH is 2. The topological polar surface area (TPSA) is 236 Å². The first kappa shape index (κ1) is 57.7. The van der Waals surface area contributed by atoms with E-state index in [-0.39, 0.29) is 61.3 Å². The van der Waals surface area contributed by atoms with Crippen molar-refractivity contribution in [1.29, 1.82) is 0 Å². The number of anilines is 1. The molecule has 7 aliphatic heterocycles. The van der Waals surface area contributed by atoms with Gasteiger partial charge in [0.05, 0.1) is 40.9 Å². The Balaban J connectivity index is 1.11. The number of aromatic hydroxyl groups is 2. The number of phenolic OH excluding ortho intramolecular Hbond substituents is 2. The summed E-state index contributed by atoms with van der Waals surface area (Å²) in [6.07, 6.45) is 7.70. The number of ether oxygens (including phenoxy) is 4. The SMILES string of the molecule is CO[C@H]1/C=C/O[C@@]2(C)Oc3c(C)c(O)c4c(O)c(c5c(c4c3C2=O)=NC2(CCN(CC(C)C)CC2)N=5)NC(=O)/C(C)=C\C=C\[C@H](C)[C@H](O)[C@@H](C)[C@@H](O)[C@@H](C)[C@H](OC(=O)CC(=O)N2CCN(CCN3CCCCC3)CC2)[C@@H]1C. The Morgan fingerprint density at radius 3 is 2.12 bits per heavy atom. The number of ketones is 1. The third-order valence-electron chi connectivity index (χ3n) is 17.1. The molecule has 422 valence electrons. The van der Waals surface area contributed by atoms with Crippen molar-refractivity contribution in [1.82, 2.24) is 19.6 Å². The molecule has 0 unspecified atom stereocenters. The number of fused-ring (bicyclic) bond motifs is 13. The van der Waals surface area contributed by atoms with Gasteiger partial charge in [-0.1, -0.05) is 66.2 Å². The number of hydrogen-bond donors (Lipinski definition) is 5. The van der Waals surface area contributed by atoms with Gasteiger partial charge in [-0.2, -0.15) is 0 Å². The van der Waals surface area contributed by atoms with Gasteiger partial charge in [0.15, 0.2) is 11.4 Å². The largest absolute Gasteiger partial charge is 0.507 e. The van der Waals surface area contributed by atoms with E-state index < -0.39 is 89.4 Å². The molecule has 77 heavy (non-hydrogen) atoms. The number of carbonyl (C=O) groups excluding carboxylic acids is 4. The standard InChI is InChI=1S/C58H83N7O12/c1-33(2)32-64-22-18-58(19-23-64)60-46-43-44-51(70)39(8)54-45(43)55(72)57(9,77-54)75-30-17-40(74-10)36(5)53(76-42(67)31-41(66)65-28-26-63(27-29-65)25-24-62-20-12-11-13-21-62)38(7)50(69)37(6)49(68)34(3)15-14-16-35(4)56(73)59-48(52(44)71)47(46)61-58/h14-17,30,33-34,36-38,40,49-50,53,68-71H,11-13,18-29,31-32H2,1-10H3,(H,59,73)/b15-14+,30-17+,35-16-/t34-,36+,37+,38+,40-,49-,50+,53+,57-/m0/s1. The van der Waals surface area contributed by atoms with Crippen molar-refractivity contribution in [3.05, 3.63) is 58.0 Å². The molecular formula is C58H83N7O12. The number of esters is 1. The second-order valence-electron chi connectivity index (χ2n) is 23.1. The number of piperidine rings is 2. The zero-order chi connectivity index (χ0) is 55.7. The molecule has 0 aromatic heterocycles. The second kappa shape index (κ2) is 23.9. The number of nitrogens with zero attached hydrogens (tertiary/aromatic N) is 6. The number of hydrogen-bond acceptors (Lipinski definition) is 17. The van der Waals surface area contributed by atoms with Crippen molar-refractivity contribution in [2.45, 2.75) is 137 Å². The summed E-state index contributed by atoms with van der Waals surface area (Å²) < 4.78 is 24.8. The lowest BCUT2D eigenvalue weighted by Crippen LogP contribution is -2.51. The van der Waals surface area contributed by atoms with Crippen LogP contribution in [0.4, 0.5) is 5.69 Å². The number of benzene rings is 2. The second-order valence-corrected chi connectivity index (χ2v) is 23.1. The van der Waals surface area contributed by atoms with Crippen LogP contribution in [0, 0.1) is 36.5 Å². The van der Waals surface area contributed by atoms with Crippen LogP contribution in [-0.4, -0.2) is 179 Å². The maximum atomic E-state index is 15.0. The van der Waals surface area contributed by atoms with Gasteiger partial charge in [-0.3, -0.25) is 34.1 Å². The molecule has 1 spiro atoms. The summed E-state index contributed by atoms with van der Waals surface area (Å²) in [5.74, 6) is -7.62. The molecule has 2 amide bonds. The predicted octanol–water partition coefficient (Wildman–Crippen LogP) is 4.75. The summed E-state index contributed by atoms with van der Waals surface area (Å²) in [5, 5.41) is 51.2.